The van der Waals surface area contributed by atoms with E-state index in [9.17, 15) is 0 Å². The lowest BCUT2D eigenvalue weighted by Crippen LogP contribution is -2.00. The summed E-state index contributed by atoms with van der Waals surface area (Å²) in [5, 5.41) is 0. The number of unbranched alkanes of at least 4 members (excludes halogenated alkanes) is 10. The zero-order valence-corrected chi connectivity index (χ0v) is 29.7. The molecule has 0 unspecified atom stereocenters. The highest BCUT2D eigenvalue weighted by Crippen LogP contribution is 2.23. The van der Waals surface area contributed by atoms with E-state index in [4.69, 9.17) is 11.5 Å². The lowest BCUT2D eigenvalue weighted by atomic mass is 9.92. The summed E-state index contributed by atoms with van der Waals surface area (Å²) in [7, 11) is 0. The fraction of sp³-hybridized carbons (Fsp3) is 0.467. The van der Waals surface area contributed by atoms with Crippen LogP contribution in [0.4, 0.5) is 11.4 Å². The summed E-state index contributed by atoms with van der Waals surface area (Å²) in [6.45, 7) is 4.60. The zero-order valence-electron chi connectivity index (χ0n) is 29.7. The van der Waals surface area contributed by atoms with Crippen molar-refractivity contribution in [2.45, 2.75) is 136 Å². The van der Waals surface area contributed by atoms with Gasteiger partial charge in [-0.1, -0.05) is 132 Å². The van der Waals surface area contributed by atoms with E-state index >= 15 is 0 Å². The summed E-state index contributed by atoms with van der Waals surface area (Å²) in [6.07, 6.45) is 23.9. The molecule has 4 N–H and O–H groups in total. The van der Waals surface area contributed by atoms with E-state index in [1.807, 2.05) is 24.3 Å². The quantitative estimate of drug-likeness (QED) is 0.0670. The maximum absolute atomic E-state index is 5.91. The lowest BCUT2D eigenvalue weighted by Gasteiger charge is -2.14. The first-order valence-corrected chi connectivity index (χ1v) is 18.9. The Hall–Kier alpha value is -3.52. The minimum atomic E-state index is 0.836. The van der Waals surface area contributed by atoms with E-state index in [-0.39, 0.29) is 0 Å². The molecular weight excluding hydrogens is 569 g/mol. The van der Waals surface area contributed by atoms with Gasteiger partial charge >= 0.3 is 0 Å². The van der Waals surface area contributed by atoms with E-state index in [0.717, 1.165) is 24.2 Å². The summed E-state index contributed by atoms with van der Waals surface area (Å²) >= 11 is 0. The Morgan fingerprint density at radius 1 is 0.340 bits per heavy atom. The van der Waals surface area contributed by atoms with Crippen molar-refractivity contribution in [1.29, 1.82) is 0 Å². The van der Waals surface area contributed by atoms with Crippen LogP contribution in [0.1, 0.15) is 142 Å². The molecule has 0 atom stereocenters. The molecule has 47 heavy (non-hydrogen) atoms. The molecule has 0 radical (unpaired) electrons. The molecular formula is C45H62N2. The molecule has 2 nitrogen and oxygen atoms in total. The number of benzene rings is 4. The first-order valence-electron chi connectivity index (χ1n) is 18.9. The maximum Gasteiger partial charge on any atom is 0.0314 e. The van der Waals surface area contributed by atoms with E-state index in [2.05, 4.69) is 74.5 Å². The van der Waals surface area contributed by atoms with Crippen molar-refractivity contribution < 1.29 is 0 Å². The van der Waals surface area contributed by atoms with Crippen molar-refractivity contribution in [1.82, 2.24) is 0 Å². The summed E-state index contributed by atoms with van der Waals surface area (Å²) in [5.74, 6) is 0. The molecule has 0 aliphatic carbocycles. The number of hydrogen-bond donors (Lipinski definition) is 2. The normalized spacial score (nSPS) is 11.3. The van der Waals surface area contributed by atoms with Crippen molar-refractivity contribution in [2.75, 3.05) is 11.5 Å². The fourth-order valence-electron chi connectivity index (χ4n) is 6.92. The zero-order chi connectivity index (χ0) is 33.1. The van der Waals surface area contributed by atoms with Crippen molar-refractivity contribution in [3.8, 4) is 0 Å². The molecule has 0 spiro atoms. The molecule has 0 saturated heterocycles. The van der Waals surface area contributed by atoms with Crippen LogP contribution in [0.15, 0.2) is 84.9 Å². The van der Waals surface area contributed by atoms with Gasteiger partial charge in [0.25, 0.3) is 0 Å². The minimum absolute atomic E-state index is 0.836. The first kappa shape index (κ1) is 36.3. The number of anilines is 2. The van der Waals surface area contributed by atoms with E-state index in [1.165, 1.54) is 131 Å². The van der Waals surface area contributed by atoms with Crippen LogP contribution in [0.2, 0.25) is 0 Å². The Balaban J connectivity index is 1.25. The summed E-state index contributed by atoms with van der Waals surface area (Å²) in [5.41, 5.74) is 25.3. The van der Waals surface area contributed by atoms with Gasteiger partial charge in [-0.05, 0) is 133 Å². The molecule has 0 saturated carbocycles. The highest BCUT2D eigenvalue weighted by atomic mass is 14.5. The molecule has 4 rings (SSSR count). The van der Waals surface area contributed by atoms with Gasteiger partial charge in [0, 0.05) is 11.4 Å². The van der Waals surface area contributed by atoms with E-state index in [0.29, 0.717) is 0 Å². The molecule has 252 valence electrons. The molecule has 0 aromatic heterocycles. The fourth-order valence-corrected chi connectivity index (χ4v) is 6.92. The maximum atomic E-state index is 5.91. The average Bonchev–Trinajstić information content (AvgIpc) is 3.08. The van der Waals surface area contributed by atoms with Gasteiger partial charge in [0.2, 0.25) is 0 Å². The number of hydrogen-bond acceptors (Lipinski definition) is 2. The second-order valence-electron chi connectivity index (χ2n) is 13.9. The Morgan fingerprint density at radius 2 is 0.660 bits per heavy atom. The molecule has 2 heteroatoms. The van der Waals surface area contributed by atoms with Gasteiger partial charge in [0.1, 0.15) is 0 Å². The van der Waals surface area contributed by atoms with Crippen LogP contribution in [0.3, 0.4) is 0 Å². The minimum Gasteiger partial charge on any atom is -0.399 e. The van der Waals surface area contributed by atoms with Crippen LogP contribution in [0.25, 0.3) is 0 Å². The van der Waals surface area contributed by atoms with Crippen molar-refractivity contribution in [3.63, 3.8) is 0 Å². The summed E-state index contributed by atoms with van der Waals surface area (Å²) in [4.78, 5) is 0. The molecule has 4 aromatic rings. The Morgan fingerprint density at radius 3 is 1.04 bits per heavy atom. The van der Waals surface area contributed by atoms with Gasteiger partial charge in [-0.2, -0.15) is 0 Å². The van der Waals surface area contributed by atoms with Gasteiger partial charge in [-0.25, -0.2) is 0 Å². The predicted octanol–water partition coefficient (Wildman–Crippen LogP) is 12.0. The number of rotatable bonds is 22. The molecule has 0 heterocycles. The highest BCUT2D eigenvalue weighted by Gasteiger charge is 2.08. The molecule has 4 aromatic carbocycles. The van der Waals surface area contributed by atoms with E-state index < -0.39 is 0 Å². The second-order valence-corrected chi connectivity index (χ2v) is 13.9. The first-order chi connectivity index (χ1) is 23.0. The van der Waals surface area contributed by atoms with Crippen LogP contribution in [0, 0.1) is 0 Å². The topological polar surface area (TPSA) is 52.0 Å². The molecule has 0 fully saturated rings. The van der Waals surface area contributed by atoms with Crippen LogP contribution >= 0.6 is 0 Å². The van der Waals surface area contributed by atoms with Crippen LogP contribution < -0.4 is 11.5 Å². The largest absolute Gasteiger partial charge is 0.399 e. The van der Waals surface area contributed by atoms with Gasteiger partial charge in [-0.15, -0.1) is 0 Å². The SMILES string of the molecule is CCCCCCc1cc(Cc2ccc(N)cc2)ccc1CCCCCCCc1ccc(Cc2ccc(N)cc2)cc1CCCCCC. The summed E-state index contributed by atoms with van der Waals surface area (Å²) < 4.78 is 0. The third kappa shape index (κ3) is 13.3. The lowest BCUT2D eigenvalue weighted by molar-refractivity contribution is 0.608. The number of aryl methyl sites for hydroxylation is 4. The van der Waals surface area contributed by atoms with Gasteiger partial charge in [-0.3, -0.25) is 0 Å². The molecule has 0 aliphatic heterocycles. The Labute approximate surface area is 287 Å². The van der Waals surface area contributed by atoms with Gasteiger partial charge in [0.15, 0.2) is 0 Å². The third-order valence-electron chi connectivity index (χ3n) is 9.81. The Kier molecular flexibility index (Phi) is 16.0. The van der Waals surface area contributed by atoms with Crippen molar-refractivity contribution in [3.05, 3.63) is 129 Å². The van der Waals surface area contributed by atoms with Crippen LogP contribution in [-0.4, -0.2) is 0 Å². The van der Waals surface area contributed by atoms with Crippen molar-refractivity contribution >= 4 is 11.4 Å². The third-order valence-corrected chi connectivity index (χ3v) is 9.81. The van der Waals surface area contributed by atoms with Gasteiger partial charge in [0.05, 0.1) is 0 Å². The number of nitrogen functional groups attached to an aromatic ring is 2. The summed E-state index contributed by atoms with van der Waals surface area (Å²) in [6, 6.07) is 31.3. The average molecular weight is 631 g/mol. The predicted molar refractivity (Wildman–Crippen MR) is 206 cm³/mol. The molecule has 0 aliphatic rings. The molecule has 0 bridgehead atoms. The smallest absolute Gasteiger partial charge is 0.0314 e. The van der Waals surface area contributed by atoms with Crippen molar-refractivity contribution in [2.24, 2.45) is 0 Å². The standard InChI is InChI=1S/C45H62N2/c1-3-5-7-12-18-42-34-38(32-36-22-28-44(46)29-23-36)20-26-40(42)16-14-10-9-11-15-17-41-27-21-39(33-37-24-30-45(47)31-25-37)35-43(41)19-13-8-6-4-2/h20-31,34-35H,3-19,32-33,46-47H2,1-2H3. The highest BCUT2D eigenvalue weighted by molar-refractivity contribution is 5.43. The Bertz CT molecular complexity index is 1320. The second kappa shape index (κ2) is 20.7. The van der Waals surface area contributed by atoms with Crippen LogP contribution in [-0.2, 0) is 38.5 Å². The van der Waals surface area contributed by atoms with E-state index in [1.54, 1.807) is 22.3 Å². The number of nitrogens with two attached hydrogens (primary N) is 2. The molecule has 0 amide bonds. The van der Waals surface area contributed by atoms with Crippen LogP contribution in [0.5, 0.6) is 0 Å². The van der Waals surface area contributed by atoms with Gasteiger partial charge < -0.3 is 11.5 Å². The monoisotopic (exact) mass is 630 g/mol.